The lowest BCUT2D eigenvalue weighted by Gasteiger charge is -2.17. The molecule has 1 unspecified atom stereocenters. The van der Waals surface area contributed by atoms with Crippen LogP contribution in [0.25, 0.3) is 0 Å². The van der Waals surface area contributed by atoms with Crippen LogP contribution in [-0.4, -0.2) is 24.1 Å². The van der Waals surface area contributed by atoms with Gasteiger partial charge in [0, 0.05) is 17.0 Å². The van der Waals surface area contributed by atoms with Crippen molar-refractivity contribution >= 4 is 11.8 Å². The second kappa shape index (κ2) is 6.15. The fraction of sp³-hybridized carbons (Fsp3) is 1.00. The highest BCUT2D eigenvalue weighted by Crippen LogP contribution is 2.35. The highest BCUT2D eigenvalue weighted by Gasteiger charge is 2.23. The molecule has 2 aliphatic rings. The van der Waals surface area contributed by atoms with Crippen LogP contribution in [0.2, 0.25) is 0 Å². The summed E-state index contributed by atoms with van der Waals surface area (Å²) in [6, 6.07) is 0.774. The summed E-state index contributed by atoms with van der Waals surface area (Å²) in [5.41, 5.74) is 0. The van der Waals surface area contributed by atoms with Gasteiger partial charge in [0.05, 0.1) is 0 Å². The lowest BCUT2D eigenvalue weighted by molar-refractivity contribution is 0.525. The van der Waals surface area contributed by atoms with Gasteiger partial charge in [0.1, 0.15) is 0 Å². The molecule has 0 aromatic heterocycles. The first-order valence-electron chi connectivity index (χ1n) is 6.67. The van der Waals surface area contributed by atoms with E-state index in [1.54, 1.807) is 0 Å². The Morgan fingerprint density at radius 1 is 1.20 bits per heavy atom. The van der Waals surface area contributed by atoms with Gasteiger partial charge in [0.2, 0.25) is 0 Å². The van der Waals surface area contributed by atoms with Crippen molar-refractivity contribution in [2.45, 2.75) is 62.7 Å². The van der Waals surface area contributed by atoms with E-state index < -0.39 is 0 Å². The SMILES string of the molecule is CNC(CCC1CC1)CSC1CCCC1. The number of hydrogen-bond acceptors (Lipinski definition) is 2. The molecule has 1 atom stereocenters. The molecule has 0 aromatic carbocycles. The monoisotopic (exact) mass is 227 g/mol. The van der Waals surface area contributed by atoms with Crippen LogP contribution < -0.4 is 5.32 Å². The van der Waals surface area contributed by atoms with Crippen LogP contribution in [0.15, 0.2) is 0 Å². The van der Waals surface area contributed by atoms with Crippen LogP contribution in [0.5, 0.6) is 0 Å². The van der Waals surface area contributed by atoms with Crippen LogP contribution in [0.1, 0.15) is 51.4 Å². The Kier molecular flexibility index (Phi) is 4.83. The van der Waals surface area contributed by atoms with E-state index in [1.165, 1.54) is 57.1 Å². The van der Waals surface area contributed by atoms with E-state index in [-0.39, 0.29) is 0 Å². The molecule has 2 heteroatoms. The summed E-state index contributed by atoms with van der Waals surface area (Å²) in [6.45, 7) is 0. The molecular weight excluding hydrogens is 202 g/mol. The summed E-state index contributed by atoms with van der Waals surface area (Å²) in [5.74, 6) is 2.44. The Bertz CT molecular complexity index is 173. The van der Waals surface area contributed by atoms with E-state index in [9.17, 15) is 0 Å². The van der Waals surface area contributed by atoms with Crippen molar-refractivity contribution in [3.63, 3.8) is 0 Å². The van der Waals surface area contributed by atoms with Crippen molar-refractivity contribution < 1.29 is 0 Å². The third-order valence-corrected chi connectivity index (χ3v) is 5.40. The maximum Gasteiger partial charge on any atom is 0.0155 e. The predicted molar refractivity (Wildman–Crippen MR) is 69.5 cm³/mol. The summed E-state index contributed by atoms with van der Waals surface area (Å²) >= 11 is 2.23. The molecule has 88 valence electrons. The topological polar surface area (TPSA) is 12.0 Å². The van der Waals surface area contributed by atoms with Crippen LogP contribution in [0.3, 0.4) is 0 Å². The number of hydrogen-bond donors (Lipinski definition) is 1. The molecule has 0 amide bonds. The molecule has 2 rings (SSSR count). The van der Waals surface area contributed by atoms with Gasteiger partial charge in [-0.3, -0.25) is 0 Å². The fourth-order valence-electron chi connectivity index (χ4n) is 2.46. The van der Waals surface area contributed by atoms with Crippen molar-refractivity contribution in [1.29, 1.82) is 0 Å². The third-order valence-electron chi connectivity index (χ3n) is 3.86. The first-order chi connectivity index (χ1) is 7.38. The van der Waals surface area contributed by atoms with E-state index in [0.29, 0.717) is 0 Å². The number of thioether (sulfide) groups is 1. The Hall–Kier alpha value is 0.310. The van der Waals surface area contributed by atoms with Gasteiger partial charge in [-0.25, -0.2) is 0 Å². The molecular formula is C13H25NS. The Balaban J connectivity index is 1.56. The molecule has 0 saturated heterocycles. The average molecular weight is 227 g/mol. The fourth-order valence-corrected chi connectivity index (χ4v) is 3.97. The molecule has 0 spiro atoms. The first-order valence-corrected chi connectivity index (χ1v) is 7.72. The van der Waals surface area contributed by atoms with E-state index in [1.807, 2.05) is 0 Å². The van der Waals surface area contributed by atoms with Gasteiger partial charge in [-0.1, -0.05) is 25.7 Å². The summed E-state index contributed by atoms with van der Waals surface area (Å²) in [7, 11) is 2.13. The molecule has 0 radical (unpaired) electrons. The Morgan fingerprint density at radius 3 is 2.53 bits per heavy atom. The molecule has 1 N–H and O–H groups in total. The van der Waals surface area contributed by atoms with Crippen LogP contribution in [0.4, 0.5) is 0 Å². The van der Waals surface area contributed by atoms with Gasteiger partial charge in [-0.15, -0.1) is 0 Å². The zero-order valence-corrected chi connectivity index (χ0v) is 10.8. The van der Waals surface area contributed by atoms with Gasteiger partial charge in [-0.2, -0.15) is 11.8 Å². The smallest absolute Gasteiger partial charge is 0.0155 e. The highest BCUT2D eigenvalue weighted by atomic mass is 32.2. The van der Waals surface area contributed by atoms with Crippen molar-refractivity contribution in [3.8, 4) is 0 Å². The van der Waals surface area contributed by atoms with Crippen LogP contribution >= 0.6 is 11.8 Å². The van der Waals surface area contributed by atoms with Crippen molar-refractivity contribution in [2.75, 3.05) is 12.8 Å². The van der Waals surface area contributed by atoms with Crippen molar-refractivity contribution in [1.82, 2.24) is 5.32 Å². The van der Waals surface area contributed by atoms with Gasteiger partial charge >= 0.3 is 0 Å². The number of rotatable bonds is 7. The standard InChI is InChI=1S/C13H25NS/c1-14-12(9-8-11-6-7-11)10-15-13-4-2-3-5-13/h11-14H,2-10H2,1H3. The largest absolute Gasteiger partial charge is 0.316 e. The quantitative estimate of drug-likeness (QED) is 0.715. The normalized spacial score (nSPS) is 24.6. The molecule has 2 aliphatic carbocycles. The average Bonchev–Trinajstić information content (AvgIpc) is 2.94. The van der Waals surface area contributed by atoms with E-state index in [2.05, 4.69) is 24.1 Å². The molecule has 0 aliphatic heterocycles. The summed E-state index contributed by atoms with van der Waals surface area (Å²) in [4.78, 5) is 0. The molecule has 1 nitrogen and oxygen atoms in total. The van der Waals surface area contributed by atoms with Crippen LogP contribution in [-0.2, 0) is 0 Å². The Labute approximate surface area is 98.8 Å². The van der Waals surface area contributed by atoms with Crippen LogP contribution in [0, 0.1) is 5.92 Å². The van der Waals surface area contributed by atoms with Gasteiger partial charge in [0.25, 0.3) is 0 Å². The zero-order valence-electron chi connectivity index (χ0n) is 10.0. The van der Waals surface area contributed by atoms with Gasteiger partial charge < -0.3 is 5.32 Å². The predicted octanol–water partition coefficient (Wildman–Crippen LogP) is 3.44. The van der Waals surface area contributed by atoms with Gasteiger partial charge in [0.15, 0.2) is 0 Å². The summed E-state index contributed by atoms with van der Waals surface area (Å²) in [6.07, 6.45) is 11.8. The van der Waals surface area contributed by atoms with E-state index >= 15 is 0 Å². The van der Waals surface area contributed by atoms with Crippen molar-refractivity contribution in [2.24, 2.45) is 5.92 Å². The second-order valence-electron chi connectivity index (χ2n) is 5.25. The maximum absolute atomic E-state index is 3.49. The maximum atomic E-state index is 3.49. The summed E-state index contributed by atoms with van der Waals surface area (Å²) in [5, 5.41) is 4.48. The van der Waals surface area contributed by atoms with Gasteiger partial charge in [-0.05, 0) is 38.6 Å². The minimum absolute atomic E-state index is 0.774. The minimum Gasteiger partial charge on any atom is -0.316 e. The van der Waals surface area contributed by atoms with Crippen molar-refractivity contribution in [3.05, 3.63) is 0 Å². The molecule has 0 heterocycles. The number of nitrogens with one attached hydrogen (secondary N) is 1. The zero-order chi connectivity index (χ0) is 10.5. The highest BCUT2D eigenvalue weighted by molar-refractivity contribution is 7.99. The lowest BCUT2D eigenvalue weighted by atomic mass is 10.1. The molecule has 0 aromatic rings. The third kappa shape index (κ3) is 4.36. The molecule has 0 bridgehead atoms. The van der Waals surface area contributed by atoms with E-state index in [4.69, 9.17) is 0 Å². The molecule has 15 heavy (non-hydrogen) atoms. The lowest BCUT2D eigenvalue weighted by Crippen LogP contribution is -2.28. The van der Waals surface area contributed by atoms with E-state index in [0.717, 1.165) is 17.2 Å². The Morgan fingerprint density at radius 2 is 1.93 bits per heavy atom. The first kappa shape index (κ1) is 11.8. The second-order valence-corrected chi connectivity index (χ2v) is 6.58. The molecule has 2 fully saturated rings. The molecule has 2 saturated carbocycles. The minimum atomic E-state index is 0.774. The summed E-state index contributed by atoms with van der Waals surface area (Å²) < 4.78 is 0.